The van der Waals surface area contributed by atoms with Crippen LogP contribution in [0.25, 0.3) is 51.3 Å². The first-order valence-electron chi connectivity index (χ1n) is 13.6. The van der Waals surface area contributed by atoms with E-state index in [0.717, 1.165) is 0 Å². The molecule has 0 radical (unpaired) electrons. The van der Waals surface area contributed by atoms with Gasteiger partial charge in [0, 0.05) is 0 Å². The van der Waals surface area contributed by atoms with E-state index in [9.17, 15) is 0 Å². The Bertz CT molecular complexity index is 1530. The van der Waals surface area contributed by atoms with Crippen LogP contribution < -0.4 is 0 Å². The molecule has 0 aliphatic carbocycles. The van der Waals surface area contributed by atoms with Crippen molar-refractivity contribution in [1.82, 2.24) is 0 Å². The molecule has 0 spiro atoms. The SMILES string of the molecule is CCCCCCCCCCc1ccc(-c2cc3cc4cc5cc6ccsc6cc5cc4cc3[se]2)cc1. The predicted octanol–water partition coefficient (Wildman–Crippen LogP) is 10.8. The number of hydrogen-bond acceptors (Lipinski definition) is 1. The second kappa shape index (κ2) is 10.9. The van der Waals surface area contributed by atoms with Gasteiger partial charge in [0.1, 0.15) is 0 Å². The van der Waals surface area contributed by atoms with Crippen molar-refractivity contribution in [3.05, 3.63) is 83.7 Å². The summed E-state index contributed by atoms with van der Waals surface area (Å²) in [5, 5.41) is 10.4. The molecule has 0 atom stereocenters. The maximum absolute atomic E-state index is 2.45. The van der Waals surface area contributed by atoms with Crippen molar-refractivity contribution >= 4 is 67.1 Å². The molecule has 2 aromatic heterocycles. The fourth-order valence-corrected chi connectivity index (χ4v) is 8.56. The second-order valence-electron chi connectivity index (χ2n) is 10.3. The Labute approximate surface area is 224 Å². The van der Waals surface area contributed by atoms with Gasteiger partial charge in [-0.15, -0.1) is 0 Å². The molecule has 2 heteroatoms. The van der Waals surface area contributed by atoms with Crippen LogP contribution in [0.3, 0.4) is 0 Å². The van der Waals surface area contributed by atoms with Crippen LogP contribution in [0.2, 0.25) is 0 Å². The Kier molecular flexibility index (Phi) is 7.28. The number of unbranched alkanes of at least 4 members (excludes halogenated alkanes) is 7. The van der Waals surface area contributed by atoms with Gasteiger partial charge in [-0.3, -0.25) is 0 Å². The molecular weight excluding hydrogens is 519 g/mol. The summed E-state index contributed by atoms with van der Waals surface area (Å²) in [5.74, 6) is 0. The average Bonchev–Trinajstić information content (AvgIpc) is 3.52. The van der Waals surface area contributed by atoms with Crippen LogP contribution in [0.5, 0.6) is 0 Å². The summed E-state index contributed by atoms with van der Waals surface area (Å²) in [6, 6.07) is 28.4. The van der Waals surface area contributed by atoms with E-state index in [2.05, 4.69) is 85.1 Å². The Morgan fingerprint density at radius 2 is 1.22 bits per heavy atom. The summed E-state index contributed by atoms with van der Waals surface area (Å²) in [6.07, 6.45) is 12.3. The standard InChI is InChI=1S/C34H34SSe/c1-2-3-4-5-6-7-8-9-10-24-11-13-25(14-12-24)33-23-31-20-28-18-27-17-26-15-16-35-32(26)21-29(27)19-30(28)22-34(31)36-33/h11-23H,2-10H2,1H3. The zero-order chi connectivity index (χ0) is 24.3. The minimum absolute atomic E-state index is 0.371. The number of hydrogen-bond donors (Lipinski definition) is 0. The molecule has 0 aliphatic heterocycles. The van der Waals surface area contributed by atoms with Gasteiger partial charge in [-0.2, -0.15) is 0 Å². The Morgan fingerprint density at radius 3 is 2.00 bits per heavy atom. The third kappa shape index (κ3) is 5.18. The number of fused-ring (bicyclic) bond motifs is 4. The normalized spacial score (nSPS) is 11.9. The molecule has 36 heavy (non-hydrogen) atoms. The predicted molar refractivity (Wildman–Crippen MR) is 163 cm³/mol. The summed E-state index contributed by atoms with van der Waals surface area (Å²) in [7, 11) is 0. The molecule has 6 aromatic rings. The number of aryl methyl sites for hydroxylation is 1. The van der Waals surface area contributed by atoms with E-state index in [4.69, 9.17) is 0 Å². The van der Waals surface area contributed by atoms with Crippen LogP contribution in [0.1, 0.15) is 63.9 Å². The molecule has 6 rings (SSSR count). The van der Waals surface area contributed by atoms with E-state index in [1.54, 1.807) is 0 Å². The summed E-state index contributed by atoms with van der Waals surface area (Å²) in [4.78, 5) is 0. The van der Waals surface area contributed by atoms with Gasteiger partial charge in [-0.1, -0.05) is 19.8 Å². The summed E-state index contributed by atoms with van der Waals surface area (Å²) < 4.78 is 4.41. The molecule has 0 amide bonds. The summed E-state index contributed by atoms with van der Waals surface area (Å²) in [5.41, 5.74) is 2.89. The first-order valence-corrected chi connectivity index (χ1v) is 16.2. The van der Waals surface area contributed by atoms with Crippen molar-refractivity contribution in [2.45, 2.75) is 64.7 Å². The third-order valence-corrected chi connectivity index (χ3v) is 10.8. The zero-order valence-electron chi connectivity index (χ0n) is 21.2. The van der Waals surface area contributed by atoms with Gasteiger partial charge in [-0.25, -0.2) is 0 Å². The van der Waals surface area contributed by atoms with E-state index < -0.39 is 0 Å². The fraction of sp³-hybridized carbons (Fsp3) is 0.294. The topological polar surface area (TPSA) is 0 Å². The Hall–Kier alpha value is -2.38. The van der Waals surface area contributed by atoms with E-state index in [0.29, 0.717) is 14.5 Å². The van der Waals surface area contributed by atoms with E-state index >= 15 is 0 Å². The number of thiophene rings is 1. The Morgan fingerprint density at radius 1 is 0.583 bits per heavy atom. The minimum atomic E-state index is 0.371. The van der Waals surface area contributed by atoms with E-state index in [1.807, 2.05) is 11.3 Å². The molecule has 0 nitrogen and oxygen atoms in total. The molecule has 2 heterocycles. The van der Waals surface area contributed by atoms with Gasteiger partial charge in [0.2, 0.25) is 0 Å². The van der Waals surface area contributed by atoms with Crippen molar-refractivity contribution < 1.29 is 0 Å². The van der Waals surface area contributed by atoms with Crippen LogP contribution in [-0.4, -0.2) is 14.5 Å². The molecule has 0 aliphatic rings. The molecule has 0 saturated heterocycles. The van der Waals surface area contributed by atoms with Gasteiger partial charge < -0.3 is 0 Å². The van der Waals surface area contributed by atoms with Crippen LogP contribution in [-0.2, 0) is 6.42 Å². The molecule has 0 bridgehead atoms. The summed E-state index contributed by atoms with van der Waals surface area (Å²) >= 11 is 2.20. The first kappa shape index (κ1) is 24.0. The average molecular weight is 554 g/mol. The second-order valence-corrected chi connectivity index (χ2v) is 13.5. The molecule has 0 unspecified atom stereocenters. The van der Waals surface area contributed by atoms with Crippen LogP contribution >= 0.6 is 11.3 Å². The molecular formula is C34H34SSe. The van der Waals surface area contributed by atoms with Crippen LogP contribution in [0.15, 0.2) is 78.2 Å². The van der Waals surface area contributed by atoms with Crippen molar-refractivity contribution in [1.29, 1.82) is 0 Å². The van der Waals surface area contributed by atoms with Crippen molar-refractivity contribution in [2.24, 2.45) is 0 Å². The number of benzene rings is 4. The van der Waals surface area contributed by atoms with Gasteiger partial charge in [-0.05, 0) is 0 Å². The zero-order valence-corrected chi connectivity index (χ0v) is 23.7. The quantitative estimate of drug-likeness (QED) is 0.0899. The van der Waals surface area contributed by atoms with Gasteiger partial charge >= 0.3 is 206 Å². The molecule has 0 fully saturated rings. The number of rotatable bonds is 10. The van der Waals surface area contributed by atoms with E-state index in [-0.39, 0.29) is 0 Å². The molecule has 0 N–H and O–H groups in total. The van der Waals surface area contributed by atoms with Crippen molar-refractivity contribution in [2.75, 3.05) is 0 Å². The molecule has 182 valence electrons. The maximum atomic E-state index is 2.45. The fourth-order valence-electron chi connectivity index (χ4n) is 5.44. The van der Waals surface area contributed by atoms with Crippen LogP contribution in [0.4, 0.5) is 0 Å². The van der Waals surface area contributed by atoms with E-state index in [1.165, 1.54) is 115 Å². The van der Waals surface area contributed by atoms with Crippen molar-refractivity contribution in [3.8, 4) is 10.0 Å². The first-order chi connectivity index (χ1) is 17.8. The van der Waals surface area contributed by atoms with Crippen LogP contribution in [0, 0.1) is 0 Å². The summed E-state index contributed by atoms with van der Waals surface area (Å²) in [6.45, 7) is 2.29. The third-order valence-electron chi connectivity index (χ3n) is 7.56. The monoisotopic (exact) mass is 554 g/mol. The molecule has 0 saturated carbocycles. The van der Waals surface area contributed by atoms with Gasteiger partial charge in [0.25, 0.3) is 0 Å². The molecule has 4 aromatic carbocycles. The van der Waals surface area contributed by atoms with Gasteiger partial charge in [0.15, 0.2) is 0 Å². The Balaban J connectivity index is 1.16. The van der Waals surface area contributed by atoms with Crippen molar-refractivity contribution in [3.63, 3.8) is 0 Å². The van der Waals surface area contributed by atoms with Gasteiger partial charge in [0.05, 0.1) is 0 Å².